The number of amides is 1. The lowest BCUT2D eigenvalue weighted by Crippen LogP contribution is -2.42. The van der Waals surface area contributed by atoms with Gasteiger partial charge in [0.2, 0.25) is 0 Å². The molecule has 2 N–H and O–H groups in total. The van der Waals surface area contributed by atoms with E-state index >= 15 is 0 Å². The molecule has 30 heavy (non-hydrogen) atoms. The van der Waals surface area contributed by atoms with Gasteiger partial charge in [0.15, 0.2) is 0 Å². The van der Waals surface area contributed by atoms with Crippen LogP contribution in [0.5, 0.6) is 0 Å². The van der Waals surface area contributed by atoms with Crippen LogP contribution in [0.3, 0.4) is 0 Å². The lowest BCUT2D eigenvalue weighted by Gasteiger charge is -2.15. The van der Waals surface area contributed by atoms with Gasteiger partial charge in [-0.1, -0.05) is 70.5 Å². The molecule has 4 rings (SSSR count). The van der Waals surface area contributed by atoms with Crippen molar-refractivity contribution in [3.63, 3.8) is 0 Å². The molecule has 0 aliphatic heterocycles. The molecule has 0 aromatic heterocycles. The monoisotopic (exact) mass is 465 g/mol. The highest BCUT2D eigenvalue weighted by Crippen LogP contribution is 2.38. The fraction of sp³-hybridized carbons (Fsp3) is 0.167. The largest absolute Gasteiger partial charge is 0.480 e. The molecule has 1 atom stereocenters. The van der Waals surface area contributed by atoms with Gasteiger partial charge in [-0.2, -0.15) is 0 Å². The number of carboxylic acid groups (broad SMARTS) is 1. The summed E-state index contributed by atoms with van der Waals surface area (Å²) < 4.78 is 6.27. The molecule has 3 aromatic carbocycles. The molecule has 0 saturated carbocycles. The second-order valence-corrected chi connectivity index (χ2v) is 8.13. The van der Waals surface area contributed by atoms with Gasteiger partial charge in [0, 0.05) is 10.9 Å². The van der Waals surface area contributed by atoms with Crippen molar-refractivity contribution >= 4 is 28.0 Å². The van der Waals surface area contributed by atoms with Gasteiger partial charge in [0.05, 0.1) is 0 Å². The van der Waals surface area contributed by atoms with E-state index in [2.05, 4.69) is 39.4 Å². The van der Waals surface area contributed by atoms with Crippen LogP contribution >= 0.6 is 15.9 Å². The molecular weight excluding hydrogens is 446 g/mol. The zero-order valence-corrected chi connectivity index (χ0v) is 17.7. The van der Waals surface area contributed by atoms with E-state index in [0.717, 1.165) is 33.1 Å². The van der Waals surface area contributed by atoms with Crippen LogP contribution in [0.25, 0.3) is 11.1 Å². The molecule has 0 spiro atoms. The second-order valence-electron chi connectivity index (χ2n) is 7.22. The lowest BCUT2D eigenvalue weighted by molar-refractivity contribution is -0.139. The van der Waals surface area contributed by atoms with Gasteiger partial charge in [-0.25, -0.2) is 9.59 Å². The van der Waals surface area contributed by atoms with E-state index in [1.807, 2.05) is 48.5 Å². The Balaban J connectivity index is 1.40. The van der Waals surface area contributed by atoms with Crippen molar-refractivity contribution in [2.75, 3.05) is 0 Å². The van der Waals surface area contributed by atoms with Crippen LogP contribution in [-0.4, -0.2) is 23.2 Å². The Morgan fingerprint density at radius 3 is 2.50 bits per heavy atom. The molecular formula is C24H20BrNO4. The molecule has 0 radical (unpaired) electrons. The number of benzene rings is 3. The summed E-state index contributed by atoms with van der Waals surface area (Å²) in [5, 5.41) is 11.9. The van der Waals surface area contributed by atoms with E-state index in [-0.39, 0.29) is 13.0 Å². The Morgan fingerprint density at radius 1 is 1.00 bits per heavy atom. The van der Waals surface area contributed by atoms with Crippen LogP contribution in [0.4, 0.5) is 4.79 Å². The maximum Gasteiger partial charge on any atom is 0.408 e. The highest BCUT2D eigenvalue weighted by molar-refractivity contribution is 9.10. The van der Waals surface area contributed by atoms with Crippen molar-refractivity contribution in [2.45, 2.75) is 25.5 Å². The first-order chi connectivity index (χ1) is 14.5. The van der Waals surface area contributed by atoms with E-state index in [1.165, 1.54) is 11.1 Å². The number of ether oxygens (including phenoxy) is 1. The van der Waals surface area contributed by atoms with Crippen LogP contribution in [0.1, 0.15) is 22.3 Å². The first-order valence-corrected chi connectivity index (χ1v) is 10.4. The molecule has 0 heterocycles. The standard InChI is InChI=1S/C24H20BrNO4/c25-18-10-8-15(9-11-18)12-22(23(27)28)26-24(29)30-14-17-5-3-7-20-19-6-2-1-4-16(19)13-21(17)20/h1-11,22H,12-14H2,(H,26,29)(H,27,28)/t22-/m0/s1. The average Bonchev–Trinajstić information content (AvgIpc) is 3.12. The summed E-state index contributed by atoms with van der Waals surface area (Å²) >= 11 is 3.35. The van der Waals surface area contributed by atoms with Crippen LogP contribution in [0, 0.1) is 0 Å². The minimum atomic E-state index is -1.11. The Bertz CT molecular complexity index is 1090. The topological polar surface area (TPSA) is 75.6 Å². The van der Waals surface area contributed by atoms with Crippen LogP contribution in [0.15, 0.2) is 71.2 Å². The van der Waals surface area contributed by atoms with E-state index < -0.39 is 18.1 Å². The molecule has 1 aliphatic rings. The highest BCUT2D eigenvalue weighted by atomic mass is 79.9. The summed E-state index contributed by atoms with van der Waals surface area (Å²) in [5.41, 5.74) is 6.51. The van der Waals surface area contributed by atoms with Crippen molar-refractivity contribution in [3.05, 3.63) is 93.5 Å². The Labute approximate surface area is 182 Å². The van der Waals surface area contributed by atoms with Gasteiger partial charge in [-0.3, -0.25) is 0 Å². The van der Waals surface area contributed by atoms with Gasteiger partial charge in [0.1, 0.15) is 12.6 Å². The minimum absolute atomic E-state index is 0.0909. The quantitative estimate of drug-likeness (QED) is 0.422. The Kier molecular flexibility index (Phi) is 5.86. The molecule has 5 nitrogen and oxygen atoms in total. The summed E-state index contributed by atoms with van der Waals surface area (Å²) in [7, 11) is 0. The fourth-order valence-electron chi connectivity index (χ4n) is 3.74. The minimum Gasteiger partial charge on any atom is -0.480 e. The van der Waals surface area contributed by atoms with Gasteiger partial charge in [-0.15, -0.1) is 0 Å². The first-order valence-electron chi connectivity index (χ1n) is 9.61. The predicted molar refractivity (Wildman–Crippen MR) is 117 cm³/mol. The third kappa shape index (κ3) is 4.39. The Morgan fingerprint density at radius 2 is 1.73 bits per heavy atom. The lowest BCUT2D eigenvalue weighted by atomic mass is 10.0. The predicted octanol–water partition coefficient (Wildman–Crippen LogP) is 4.94. The van der Waals surface area contributed by atoms with E-state index in [4.69, 9.17) is 4.74 Å². The van der Waals surface area contributed by atoms with Crippen LogP contribution in [0.2, 0.25) is 0 Å². The number of halogens is 1. The van der Waals surface area contributed by atoms with Gasteiger partial charge in [0.25, 0.3) is 0 Å². The zero-order valence-electron chi connectivity index (χ0n) is 16.1. The number of fused-ring (bicyclic) bond motifs is 3. The SMILES string of the molecule is O=C(N[C@@H](Cc1ccc(Br)cc1)C(=O)O)OCc1cccc2c1Cc1ccccc1-2. The number of hydrogen-bond acceptors (Lipinski definition) is 3. The molecule has 0 unspecified atom stereocenters. The Hall–Kier alpha value is -3.12. The molecule has 0 fully saturated rings. The number of rotatable bonds is 6. The normalized spacial score (nSPS) is 12.6. The van der Waals surface area contributed by atoms with Crippen molar-refractivity contribution in [1.82, 2.24) is 5.32 Å². The van der Waals surface area contributed by atoms with E-state index in [0.29, 0.717) is 0 Å². The fourth-order valence-corrected chi connectivity index (χ4v) is 4.01. The summed E-state index contributed by atoms with van der Waals surface area (Å²) in [6, 6.07) is 20.4. The first kappa shape index (κ1) is 20.2. The third-order valence-electron chi connectivity index (χ3n) is 5.25. The number of carbonyl (C=O) groups excluding carboxylic acids is 1. The van der Waals surface area contributed by atoms with Crippen LogP contribution < -0.4 is 5.32 Å². The summed E-state index contributed by atoms with van der Waals surface area (Å²) in [5.74, 6) is -1.11. The summed E-state index contributed by atoms with van der Waals surface area (Å²) in [6.07, 6.45) is 0.231. The van der Waals surface area contributed by atoms with Crippen molar-refractivity contribution in [1.29, 1.82) is 0 Å². The molecule has 0 bridgehead atoms. The van der Waals surface area contributed by atoms with Gasteiger partial charge < -0.3 is 15.2 Å². The number of hydrogen-bond donors (Lipinski definition) is 2. The average molecular weight is 466 g/mol. The maximum atomic E-state index is 12.3. The molecule has 1 amide bonds. The number of alkyl carbamates (subject to hydrolysis) is 1. The number of carboxylic acids is 1. The highest BCUT2D eigenvalue weighted by Gasteiger charge is 2.23. The summed E-state index contributed by atoms with van der Waals surface area (Å²) in [6.45, 7) is 0.0909. The smallest absolute Gasteiger partial charge is 0.408 e. The van der Waals surface area contributed by atoms with E-state index in [1.54, 1.807) is 0 Å². The van der Waals surface area contributed by atoms with Crippen molar-refractivity contribution < 1.29 is 19.4 Å². The van der Waals surface area contributed by atoms with Crippen LogP contribution in [-0.2, 0) is 29.0 Å². The maximum absolute atomic E-state index is 12.3. The van der Waals surface area contributed by atoms with Gasteiger partial charge >= 0.3 is 12.1 Å². The third-order valence-corrected chi connectivity index (χ3v) is 5.78. The van der Waals surface area contributed by atoms with Crippen molar-refractivity contribution in [3.8, 4) is 11.1 Å². The zero-order chi connectivity index (χ0) is 21.1. The number of nitrogens with one attached hydrogen (secondary N) is 1. The molecule has 0 saturated heterocycles. The van der Waals surface area contributed by atoms with E-state index in [9.17, 15) is 14.7 Å². The molecule has 6 heteroatoms. The molecule has 1 aliphatic carbocycles. The van der Waals surface area contributed by atoms with Crippen molar-refractivity contribution in [2.24, 2.45) is 0 Å². The number of aliphatic carboxylic acids is 1. The number of carbonyl (C=O) groups is 2. The second kappa shape index (κ2) is 8.71. The van der Waals surface area contributed by atoms with Gasteiger partial charge in [-0.05, 0) is 51.9 Å². The molecule has 152 valence electrons. The molecule has 3 aromatic rings. The summed E-state index contributed by atoms with van der Waals surface area (Å²) in [4.78, 5) is 23.9.